The third-order valence-corrected chi connectivity index (χ3v) is 4.17. The molecule has 0 aromatic carbocycles. The van der Waals surface area contributed by atoms with Crippen molar-refractivity contribution in [2.75, 3.05) is 11.1 Å². The summed E-state index contributed by atoms with van der Waals surface area (Å²) in [6.07, 6.45) is 0. The molecule has 94 valence electrons. The Morgan fingerprint density at radius 2 is 2.18 bits per heavy atom. The van der Waals surface area contributed by atoms with Gasteiger partial charge in [-0.15, -0.1) is 0 Å². The number of nitrogens with two attached hydrogens (primary N) is 1. The first-order valence-corrected chi connectivity index (χ1v) is 6.47. The molecule has 0 radical (unpaired) electrons. The van der Waals surface area contributed by atoms with Crippen molar-refractivity contribution in [3.05, 3.63) is 10.1 Å². The van der Waals surface area contributed by atoms with Crippen LogP contribution in [-0.4, -0.2) is 42.4 Å². The molecule has 0 saturated carbocycles. The van der Waals surface area contributed by atoms with E-state index in [4.69, 9.17) is 5.73 Å². The second kappa shape index (κ2) is 4.75. The van der Waals surface area contributed by atoms with Crippen molar-refractivity contribution < 1.29 is 10.0 Å². The monoisotopic (exact) mass is 303 g/mol. The van der Waals surface area contributed by atoms with Gasteiger partial charge in [0, 0.05) is 0 Å². The third-order valence-electron chi connectivity index (χ3n) is 2.03. The topological polar surface area (TPSA) is 127 Å². The molecule has 0 fully saturated rings. The Bertz CT molecular complexity index is 451. The summed E-state index contributed by atoms with van der Waals surface area (Å²) in [6.45, 7) is 3.74. The van der Waals surface area contributed by atoms with Crippen LogP contribution in [0.2, 0.25) is 5.21 Å². The van der Waals surface area contributed by atoms with Crippen LogP contribution in [0.15, 0.2) is 0 Å². The number of nitrogens with zero attached hydrogens (tertiary/aromatic N) is 3. The molecule has 0 aliphatic rings. The second-order valence-electron chi connectivity index (χ2n) is 4.07. The van der Waals surface area contributed by atoms with E-state index in [-0.39, 0.29) is 17.3 Å². The van der Waals surface area contributed by atoms with Gasteiger partial charge in [0.05, 0.1) is 0 Å². The van der Waals surface area contributed by atoms with Gasteiger partial charge in [0.25, 0.3) is 0 Å². The summed E-state index contributed by atoms with van der Waals surface area (Å²) < 4.78 is 0. The molecule has 0 amide bonds. The quantitative estimate of drug-likeness (QED) is 0.403. The van der Waals surface area contributed by atoms with Gasteiger partial charge in [0.15, 0.2) is 0 Å². The summed E-state index contributed by atoms with van der Waals surface area (Å²) in [4.78, 5) is 17.2. The zero-order valence-electron chi connectivity index (χ0n) is 9.47. The summed E-state index contributed by atoms with van der Waals surface area (Å²) >= 11 is 1.47. The predicted molar refractivity (Wildman–Crippen MR) is 65.8 cm³/mol. The van der Waals surface area contributed by atoms with Gasteiger partial charge in [-0.3, -0.25) is 0 Å². The molecule has 1 heterocycles. The minimum absolute atomic E-state index is 0.0670. The number of hydrogen-bond acceptors (Lipinski definition) is 7. The van der Waals surface area contributed by atoms with Gasteiger partial charge in [0.1, 0.15) is 0 Å². The first kappa shape index (κ1) is 13.5. The van der Waals surface area contributed by atoms with E-state index >= 15 is 0 Å². The molecular formula is C8H14AsN5O3. The normalized spacial score (nSPS) is 11.2. The van der Waals surface area contributed by atoms with Gasteiger partial charge in [-0.2, -0.15) is 0 Å². The molecule has 1 rings (SSSR count). The standard InChI is InChI=1S/C8H14AsN5O3/c1-8(2,3-9)13-5-4(14(16)17)6(15)12-7(10)11-5/h3,9H2,1-2H3,(H4,10,11,12,13,15). The maximum absolute atomic E-state index is 10.8. The Balaban J connectivity index is 3.26. The molecule has 0 aliphatic heterocycles. The van der Waals surface area contributed by atoms with Crippen molar-refractivity contribution in [1.82, 2.24) is 9.97 Å². The van der Waals surface area contributed by atoms with Crippen LogP contribution >= 0.6 is 0 Å². The van der Waals surface area contributed by atoms with Crippen molar-refractivity contribution in [1.29, 1.82) is 0 Å². The van der Waals surface area contributed by atoms with Crippen molar-refractivity contribution >= 4 is 34.3 Å². The van der Waals surface area contributed by atoms with Gasteiger partial charge in [-0.25, -0.2) is 0 Å². The Morgan fingerprint density at radius 3 is 2.65 bits per heavy atom. The van der Waals surface area contributed by atoms with E-state index < -0.39 is 16.5 Å². The van der Waals surface area contributed by atoms with Gasteiger partial charge in [-0.05, 0) is 0 Å². The van der Waals surface area contributed by atoms with Gasteiger partial charge < -0.3 is 0 Å². The third kappa shape index (κ3) is 3.20. The average molecular weight is 303 g/mol. The van der Waals surface area contributed by atoms with Crippen LogP contribution in [-0.2, 0) is 0 Å². The fourth-order valence-corrected chi connectivity index (χ4v) is 1.30. The van der Waals surface area contributed by atoms with E-state index in [9.17, 15) is 15.2 Å². The SMILES string of the molecule is CC(C)(C[AsH2])Nc1nc(N)nc(O)c1[N+](=O)[O-]. The zero-order chi connectivity index (χ0) is 13.2. The Morgan fingerprint density at radius 1 is 1.59 bits per heavy atom. The number of rotatable bonds is 4. The van der Waals surface area contributed by atoms with Crippen molar-refractivity contribution in [3.8, 4) is 5.88 Å². The van der Waals surface area contributed by atoms with Crippen LogP contribution in [0.1, 0.15) is 13.8 Å². The number of nitro groups is 1. The first-order valence-electron chi connectivity index (χ1n) is 4.76. The van der Waals surface area contributed by atoms with Gasteiger partial charge in [-0.1, -0.05) is 0 Å². The fraction of sp³-hybridized carbons (Fsp3) is 0.500. The Hall–Kier alpha value is -1.56. The Labute approximate surface area is 106 Å². The molecular weight excluding hydrogens is 289 g/mol. The second-order valence-corrected chi connectivity index (χ2v) is 4.93. The minimum atomic E-state index is -0.742. The molecule has 1 aromatic heterocycles. The first-order chi connectivity index (χ1) is 7.76. The van der Waals surface area contributed by atoms with Crippen LogP contribution in [0, 0.1) is 10.1 Å². The van der Waals surface area contributed by atoms with E-state index in [0.29, 0.717) is 0 Å². The molecule has 1 aromatic rings. The summed E-state index contributed by atoms with van der Waals surface area (Å²) in [5.74, 6) is -1.02. The van der Waals surface area contributed by atoms with Crippen LogP contribution in [0.25, 0.3) is 0 Å². The number of nitrogen functional groups attached to an aromatic ring is 1. The molecule has 0 bridgehead atoms. The molecule has 0 spiro atoms. The number of aromatic hydroxyl groups is 1. The number of nitrogens with one attached hydrogen (secondary N) is 1. The van der Waals surface area contributed by atoms with E-state index in [0.717, 1.165) is 5.21 Å². The van der Waals surface area contributed by atoms with Crippen LogP contribution in [0.4, 0.5) is 17.5 Å². The maximum atomic E-state index is 10.8. The summed E-state index contributed by atoms with van der Waals surface area (Å²) in [6, 6.07) is 0. The summed E-state index contributed by atoms with van der Waals surface area (Å²) in [7, 11) is 0. The predicted octanol–water partition coefficient (Wildman–Crippen LogP) is -0.0855. The number of hydrogen-bond donors (Lipinski definition) is 3. The van der Waals surface area contributed by atoms with E-state index in [1.54, 1.807) is 0 Å². The van der Waals surface area contributed by atoms with Gasteiger partial charge >= 0.3 is 106 Å². The van der Waals surface area contributed by atoms with E-state index in [2.05, 4.69) is 15.3 Å². The van der Waals surface area contributed by atoms with Crippen molar-refractivity contribution in [2.24, 2.45) is 0 Å². The molecule has 0 saturated heterocycles. The van der Waals surface area contributed by atoms with Crippen LogP contribution in [0.5, 0.6) is 5.88 Å². The molecule has 4 N–H and O–H groups in total. The fourth-order valence-electron chi connectivity index (χ4n) is 1.09. The summed E-state index contributed by atoms with van der Waals surface area (Å²) in [5.41, 5.74) is 4.41. The molecule has 1 unspecified atom stereocenters. The van der Waals surface area contributed by atoms with Crippen LogP contribution < -0.4 is 11.1 Å². The number of aromatic nitrogens is 2. The molecule has 8 nitrogen and oxygen atoms in total. The zero-order valence-corrected chi connectivity index (χ0v) is 11.9. The van der Waals surface area contributed by atoms with Crippen molar-refractivity contribution in [3.63, 3.8) is 0 Å². The molecule has 17 heavy (non-hydrogen) atoms. The van der Waals surface area contributed by atoms with Gasteiger partial charge in [0.2, 0.25) is 0 Å². The number of anilines is 2. The molecule has 1 atom stereocenters. The van der Waals surface area contributed by atoms with Crippen molar-refractivity contribution in [2.45, 2.75) is 24.6 Å². The molecule has 9 heteroatoms. The Kier molecular flexibility index (Phi) is 3.77. The average Bonchev–Trinajstić information content (AvgIpc) is 2.14. The molecule has 0 aliphatic carbocycles. The van der Waals surface area contributed by atoms with E-state index in [1.165, 1.54) is 16.9 Å². The van der Waals surface area contributed by atoms with Crippen LogP contribution in [0.3, 0.4) is 0 Å². The summed E-state index contributed by atoms with van der Waals surface area (Å²) in [5, 5.41) is 23.9. The van der Waals surface area contributed by atoms with E-state index in [1.807, 2.05) is 13.8 Å².